The third kappa shape index (κ3) is 4.49. The van der Waals surface area contributed by atoms with Crippen molar-refractivity contribution >= 4 is 38.6 Å². The second-order valence-electron chi connectivity index (χ2n) is 6.62. The third-order valence-corrected chi connectivity index (χ3v) is 5.29. The molecule has 0 unspecified atom stereocenters. The number of anilines is 1. The van der Waals surface area contributed by atoms with Gasteiger partial charge in [0.1, 0.15) is 11.6 Å². The number of rotatable bonds is 7. The molecular weight excluding hydrogens is 462 g/mol. The Morgan fingerprint density at radius 1 is 1.00 bits per heavy atom. The molecule has 4 rings (SSSR count). The van der Waals surface area contributed by atoms with Gasteiger partial charge in [-0.1, -0.05) is 24.3 Å². The minimum atomic E-state index is -0.316. The number of imidazole rings is 1. The molecule has 0 fully saturated rings. The number of ether oxygens (including phenoxy) is 3. The monoisotopic (exact) mass is 481 g/mol. The van der Waals surface area contributed by atoms with Gasteiger partial charge in [-0.2, -0.15) is 0 Å². The maximum absolute atomic E-state index is 12.4. The highest BCUT2D eigenvalue weighted by Crippen LogP contribution is 2.38. The molecule has 1 heterocycles. The number of amides is 1. The zero-order valence-electron chi connectivity index (χ0n) is 16.9. The van der Waals surface area contributed by atoms with Gasteiger partial charge in [-0.25, -0.2) is 4.98 Å². The first-order valence-electron chi connectivity index (χ1n) is 9.47. The number of hydrogen-bond donors (Lipinski definition) is 2. The molecule has 4 aromatic rings. The summed E-state index contributed by atoms with van der Waals surface area (Å²) in [6, 6.07) is 18.6. The van der Waals surface area contributed by atoms with E-state index >= 15 is 0 Å². The van der Waals surface area contributed by atoms with Gasteiger partial charge < -0.3 is 24.5 Å². The number of aromatic amines is 1. The van der Waals surface area contributed by atoms with Gasteiger partial charge in [0.05, 0.1) is 30.9 Å². The minimum Gasteiger partial charge on any atom is -0.495 e. The van der Waals surface area contributed by atoms with Crippen molar-refractivity contribution in [2.75, 3.05) is 26.1 Å². The second-order valence-corrected chi connectivity index (χ2v) is 7.48. The number of carbonyl (C=O) groups is 1. The normalized spacial score (nSPS) is 10.7. The van der Waals surface area contributed by atoms with E-state index in [1.165, 1.54) is 0 Å². The summed E-state index contributed by atoms with van der Waals surface area (Å²) in [4.78, 5) is 20.3. The number of benzene rings is 3. The molecule has 158 valence electrons. The van der Waals surface area contributed by atoms with Crippen LogP contribution in [0, 0.1) is 0 Å². The smallest absolute Gasteiger partial charge is 0.262 e. The molecule has 0 spiro atoms. The summed E-state index contributed by atoms with van der Waals surface area (Å²) in [5, 5.41) is 2.78. The first kappa shape index (κ1) is 20.7. The van der Waals surface area contributed by atoms with Crippen LogP contribution in [0.5, 0.6) is 17.2 Å². The van der Waals surface area contributed by atoms with Crippen LogP contribution >= 0.6 is 15.9 Å². The van der Waals surface area contributed by atoms with Crippen molar-refractivity contribution in [3.8, 4) is 28.6 Å². The highest BCUT2D eigenvalue weighted by molar-refractivity contribution is 9.10. The second kappa shape index (κ2) is 9.09. The van der Waals surface area contributed by atoms with E-state index in [0.717, 1.165) is 21.1 Å². The van der Waals surface area contributed by atoms with E-state index in [1.54, 1.807) is 32.4 Å². The van der Waals surface area contributed by atoms with Crippen molar-refractivity contribution in [2.45, 2.75) is 0 Å². The van der Waals surface area contributed by atoms with Crippen molar-refractivity contribution in [3.05, 3.63) is 65.1 Å². The van der Waals surface area contributed by atoms with E-state index in [2.05, 4.69) is 31.2 Å². The predicted molar refractivity (Wildman–Crippen MR) is 123 cm³/mol. The summed E-state index contributed by atoms with van der Waals surface area (Å²) in [6.07, 6.45) is 0. The molecule has 1 aromatic heterocycles. The number of nitrogens with one attached hydrogen (secondary N) is 2. The Labute approximate surface area is 187 Å². The van der Waals surface area contributed by atoms with Crippen molar-refractivity contribution in [3.63, 3.8) is 0 Å². The summed E-state index contributed by atoms with van der Waals surface area (Å²) in [6.45, 7) is -0.190. The molecule has 0 aliphatic heterocycles. The van der Waals surface area contributed by atoms with Gasteiger partial charge in [-0.3, -0.25) is 4.79 Å². The van der Waals surface area contributed by atoms with Crippen LogP contribution in [0.25, 0.3) is 22.4 Å². The lowest BCUT2D eigenvalue weighted by Gasteiger charge is -2.14. The number of H-pyrrole nitrogens is 1. The van der Waals surface area contributed by atoms with E-state index in [0.29, 0.717) is 28.8 Å². The first-order valence-corrected chi connectivity index (χ1v) is 10.3. The van der Waals surface area contributed by atoms with E-state index in [4.69, 9.17) is 14.2 Å². The maximum Gasteiger partial charge on any atom is 0.262 e. The Hall–Kier alpha value is -3.52. The molecule has 2 N–H and O–H groups in total. The minimum absolute atomic E-state index is 0.190. The summed E-state index contributed by atoms with van der Waals surface area (Å²) >= 11 is 3.57. The van der Waals surface area contributed by atoms with Crippen molar-refractivity contribution in [1.29, 1.82) is 0 Å². The number of nitrogens with zero attached hydrogens (tertiary/aromatic N) is 1. The van der Waals surface area contributed by atoms with Gasteiger partial charge in [0.15, 0.2) is 18.1 Å². The quantitative estimate of drug-likeness (QED) is 0.386. The van der Waals surface area contributed by atoms with Crippen molar-refractivity contribution < 1.29 is 19.0 Å². The number of para-hydroxylation sites is 4. The molecule has 0 saturated carbocycles. The molecular formula is C23H20BrN3O4. The van der Waals surface area contributed by atoms with Crippen LogP contribution < -0.4 is 19.5 Å². The average Bonchev–Trinajstić information content (AvgIpc) is 3.22. The van der Waals surface area contributed by atoms with Gasteiger partial charge in [0.2, 0.25) is 0 Å². The summed E-state index contributed by atoms with van der Waals surface area (Å²) in [5.74, 6) is 1.88. The number of carbonyl (C=O) groups excluding carboxylic acids is 1. The maximum atomic E-state index is 12.4. The van der Waals surface area contributed by atoms with Crippen LogP contribution in [0.3, 0.4) is 0 Å². The topological polar surface area (TPSA) is 85.5 Å². The Balaban J connectivity index is 1.52. The molecule has 1 amide bonds. The molecule has 0 saturated heterocycles. The molecule has 0 aliphatic rings. The van der Waals surface area contributed by atoms with Crippen LogP contribution in [-0.2, 0) is 4.79 Å². The number of hydrogen-bond acceptors (Lipinski definition) is 5. The lowest BCUT2D eigenvalue weighted by molar-refractivity contribution is -0.118. The van der Waals surface area contributed by atoms with Crippen LogP contribution in [0.4, 0.5) is 5.69 Å². The highest BCUT2D eigenvalue weighted by atomic mass is 79.9. The lowest BCUT2D eigenvalue weighted by atomic mass is 10.2. The predicted octanol–water partition coefficient (Wildman–Crippen LogP) is 5.03. The molecule has 8 heteroatoms. The third-order valence-electron chi connectivity index (χ3n) is 4.64. The largest absolute Gasteiger partial charge is 0.495 e. The molecule has 0 atom stereocenters. The molecule has 3 aromatic carbocycles. The fourth-order valence-electron chi connectivity index (χ4n) is 3.15. The summed E-state index contributed by atoms with van der Waals surface area (Å²) < 4.78 is 17.2. The molecule has 0 radical (unpaired) electrons. The molecule has 0 aliphatic carbocycles. The van der Waals surface area contributed by atoms with Crippen LogP contribution in [-0.4, -0.2) is 36.7 Å². The average molecular weight is 482 g/mol. The van der Waals surface area contributed by atoms with Crippen molar-refractivity contribution in [2.24, 2.45) is 0 Å². The standard InChI is InChI=1S/C23H20BrN3O4/c1-29-19-10-6-5-9-18(19)25-22(28)13-31-21-12-15(24)14(11-20(21)30-2)23-26-16-7-3-4-8-17(16)27-23/h3-12H,13H2,1-2H3,(H,25,28)(H,26,27). The van der Waals surface area contributed by atoms with Gasteiger partial charge in [0, 0.05) is 10.0 Å². The van der Waals surface area contributed by atoms with Crippen LogP contribution in [0.2, 0.25) is 0 Å². The molecule has 31 heavy (non-hydrogen) atoms. The van der Waals surface area contributed by atoms with Gasteiger partial charge >= 0.3 is 0 Å². The Morgan fingerprint density at radius 3 is 2.52 bits per heavy atom. The zero-order chi connectivity index (χ0) is 21.8. The van der Waals surface area contributed by atoms with Gasteiger partial charge in [-0.15, -0.1) is 0 Å². The summed E-state index contributed by atoms with van der Waals surface area (Å²) in [5.41, 5.74) is 3.21. The zero-order valence-corrected chi connectivity index (χ0v) is 18.5. The SMILES string of the molecule is COc1ccccc1NC(=O)COc1cc(Br)c(-c2nc3ccccc3[nH]2)cc1OC. The van der Waals surface area contributed by atoms with E-state index in [9.17, 15) is 4.79 Å². The van der Waals surface area contributed by atoms with E-state index < -0.39 is 0 Å². The lowest BCUT2D eigenvalue weighted by Crippen LogP contribution is -2.20. The fraction of sp³-hybridized carbons (Fsp3) is 0.130. The van der Waals surface area contributed by atoms with Gasteiger partial charge in [-0.05, 0) is 52.3 Å². The number of aromatic nitrogens is 2. The molecule has 0 bridgehead atoms. The Morgan fingerprint density at radius 2 is 1.74 bits per heavy atom. The number of methoxy groups -OCH3 is 2. The fourth-order valence-corrected chi connectivity index (χ4v) is 3.66. The van der Waals surface area contributed by atoms with E-state index in [1.807, 2.05) is 42.5 Å². The highest BCUT2D eigenvalue weighted by Gasteiger charge is 2.16. The Kier molecular flexibility index (Phi) is 6.08. The van der Waals surface area contributed by atoms with Crippen LogP contribution in [0.15, 0.2) is 65.1 Å². The van der Waals surface area contributed by atoms with E-state index in [-0.39, 0.29) is 12.5 Å². The number of fused-ring (bicyclic) bond motifs is 1. The Bertz CT molecular complexity index is 1210. The van der Waals surface area contributed by atoms with Gasteiger partial charge in [0.25, 0.3) is 5.91 Å². The molecule has 7 nitrogen and oxygen atoms in total. The summed E-state index contributed by atoms with van der Waals surface area (Å²) in [7, 11) is 3.10. The van der Waals surface area contributed by atoms with Crippen LogP contribution in [0.1, 0.15) is 0 Å². The van der Waals surface area contributed by atoms with Crippen molar-refractivity contribution in [1.82, 2.24) is 9.97 Å². The number of halogens is 1. The first-order chi connectivity index (χ1) is 15.1.